The number of nitrogens with zero attached hydrogens (tertiary/aromatic N) is 1. The summed E-state index contributed by atoms with van der Waals surface area (Å²) in [5.74, 6) is -0.356. The van der Waals surface area contributed by atoms with Crippen molar-refractivity contribution < 1.29 is 24.9 Å². The number of phenols is 1. The van der Waals surface area contributed by atoms with Gasteiger partial charge in [-0.2, -0.15) is 4.99 Å². The van der Waals surface area contributed by atoms with E-state index in [1.807, 2.05) is 0 Å². The van der Waals surface area contributed by atoms with Crippen molar-refractivity contribution >= 4 is 34.6 Å². The first kappa shape index (κ1) is 17.9. The summed E-state index contributed by atoms with van der Waals surface area (Å²) in [6, 6.07) is 9.33. The van der Waals surface area contributed by atoms with Gasteiger partial charge in [0.1, 0.15) is 17.3 Å². The van der Waals surface area contributed by atoms with E-state index in [2.05, 4.69) is 22.4 Å². The van der Waals surface area contributed by atoms with E-state index in [1.54, 1.807) is 30.4 Å². The number of aromatic hydroxyl groups is 1. The van der Waals surface area contributed by atoms with Crippen LogP contribution in [0, 0.1) is 0 Å². The lowest BCUT2D eigenvalue weighted by molar-refractivity contribution is 0.0696. The Morgan fingerprint density at radius 2 is 1.96 bits per heavy atom. The second-order valence-electron chi connectivity index (χ2n) is 6.19. The fourth-order valence-corrected chi connectivity index (χ4v) is 3.38. The summed E-state index contributed by atoms with van der Waals surface area (Å²) in [5, 5.41) is 31.7. The standard InChI is InChI=1S/C21H13NO5S/c23-12-2-5-15-18(8-12)27-19-9-13(24)3-6-16(19)20(15)14-4-1-11(22-10-28)7-17(14)21(25)26/h1-9,12,23-24H,(H,25,26)/t12-/m1/s1. The van der Waals surface area contributed by atoms with Gasteiger partial charge < -0.3 is 20.1 Å². The lowest BCUT2D eigenvalue weighted by Crippen LogP contribution is -2.16. The first-order valence-electron chi connectivity index (χ1n) is 8.27. The summed E-state index contributed by atoms with van der Waals surface area (Å²) in [7, 11) is 0. The molecule has 0 bridgehead atoms. The first-order chi connectivity index (χ1) is 13.5. The van der Waals surface area contributed by atoms with Gasteiger partial charge in [0.25, 0.3) is 0 Å². The second-order valence-corrected chi connectivity index (χ2v) is 6.37. The number of isothiocyanates is 1. The van der Waals surface area contributed by atoms with E-state index in [-0.39, 0.29) is 11.3 Å². The molecule has 0 unspecified atom stereocenters. The summed E-state index contributed by atoms with van der Waals surface area (Å²) < 4.78 is 5.84. The van der Waals surface area contributed by atoms with Crippen LogP contribution in [0.4, 0.5) is 5.69 Å². The van der Waals surface area contributed by atoms with Crippen LogP contribution in [-0.2, 0) is 0 Å². The van der Waals surface area contributed by atoms with Crippen molar-refractivity contribution in [3.05, 3.63) is 82.6 Å². The van der Waals surface area contributed by atoms with Crippen molar-refractivity contribution in [1.29, 1.82) is 0 Å². The van der Waals surface area contributed by atoms with Crippen LogP contribution >= 0.6 is 12.2 Å². The number of hydrogen-bond acceptors (Lipinski definition) is 6. The predicted octanol–water partition coefficient (Wildman–Crippen LogP) is 3.83. The number of fused-ring (bicyclic) bond motifs is 2. The number of ether oxygens (including phenoxy) is 1. The minimum absolute atomic E-state index is 0.0122. The van der Waals surface area contributed by atoms with E-state index in [9.17, 15) is 20.1 Å². The van der Waals surface area contributed by atoms with Gasteiger partial charge in [-0.1, -0.05) is 18.2 Å². The molecule has 1 heterocycles. The summed E-state index contributed by atoms with van der Waals surface area (Å²) in [6.45, 7) is 0. The first-order valence-corrected chi connectivity index (χ1v) is 8.68. The van der Waals surface area contributed by atoms with Crippen LogP contribution in [0.3, 0.4) is 0 Å². The lowest BCUT2D eigenvalue weighted by atomic mass is 9.85. The number of aliphatic imine (C=N–C) groups is 1. The lowest BCUT2D eigenvalue weighted by Gasteiger charge is -2.28. The summed E-state index contributed by atoms with van der Waals surface area (Å²) >= 11 is 4.60. The minimum atomic E-state index is -1.12. The minimum Gasteiger partial charge on any atom is -0.508 e. The monoisotopic (exact) mass is 391 g/mol. The average molecular weight is 391 g/mol. The Kier molecular flexibility index (Phi) is 4.41. The molecule has 1 aliphatic heterocycles. The molecular weight excluding hydrogens is 378 g/mol. The smallest absolute Gasteiger partial charge is 0.336 e. The molecule has 2 aromatic carbocycles. The SMILES string of the molecule is O=C(O)c1cc(N=C=S)ccc1C1=C2C=C[C@@H](O)C=C2Oc2cc(O)ccc21. The Bertz CT molecular complexity index is 1160. The van der Waals surface area contributed by atoms with Crippen molar-refractivity contribution in [3.8, 4) is 11.5 Å². The Balaban J connectivity index is 2.04. The molecule has 7 heteroatoms. The zero-order valence-electron chi connectivity index (χ0n) is 14.3. The van der Waals surface area contributed by atoms with Crippen LogP contribution < -0.4 is 4.74 Å². The molecule has 0 aromatic heterocycles. The van der Waals surface area contributed by atoms with Crippen molar-refractivity contribution in [1.82, 2.24) is 0 Å². The predicted molar refractivity (Wildman–Crippen MR) is 106 cm³/mol. The molecule has 4 rings (SSSR count). The average Bonchev–Trinajstić information content (AvgIpc) is 2.66. The quantitative estimate of drug-likeness (QED) is 0.543. The molecule has 138 valence electrons. The van der Waals surface area contributed by atoms with Gasteiger partial charge in [0.15, 0.2) is 0 Å². The van der Waals surface area contributed by atoms with Crippen LogP contribution in [0.25, 0.3) is 5.57 Å². The maximum Gasteiger partial charge on any atom is 0.336 e. The number of phenolic OH excluding ortho intramolecular Hbond substituents is 1. The molecule has 6 nitrogen and oxygen atoms in total. The number of aromatic carboxylic acids is 1. The fraction of sp³-hybridized carbons (Fsp3) is 0.0476. The molecule has 3 N–H and O–H groups in total. The van der Waals surface area contributed by atoms with Gasteiger partial charge in [0.2, 0.25) is 0 Å². The summed E-state index contributed by atoms with van der Waals surface area (Å²) in [5.41, 5.74) is 2.74. The molecule has 2 aliphatic rings. The van der Waals surface area contributed by atoms with E-state index >= 15 is 0 Å². The largest absolute Gasteiger partial charge is 0.508 e. The number of rotatable bonds is 3. The maximum absolute atomic E-state index is 11.9. The van der Waals surface area contributed by atoms with Crippen molar-refractivity contribution in [3.63, 3.8) is 0 Å². The highest BCUT2D eigenvalue weighted by atomic mass is 32.1. The number of carboxylic acids is 1. The van der Waals surface area contributed by atoms with Crippen LogP contribution in [-0.4, -0.2) is 32.6 Å². The second kappa shape index (κ2) is 6.90. The Labute approximate surface area is 165 Å². The van der Waals surface area contributed by atoms with Gasteiger partial charge in [-0.3, -0.25) is 0 Å². The zero-order valence-corrected chi connectivity index (χ0v) is 15.1. The maximum atomic E-state index is 11.9. The molecule has 1 aliphatic carbocycles. The highest BCUT2D eigenvalue weighted by molar-refractivity contribution is 7.78. The third-order valence-corrected chi connectivity index (χ3v) is 4.54. The number of aliphatic hydroxyl groups excluding tert-OH is 1. The highest BCUT2D eigenvalue weighted by Crippen LogP contribution is 2.45. The van der Waals surface area contributed by atoms with E-state index in [0.717, 1.165) is 0 Å². The number of carbonyl (C=O) groups is 1. The van der Waals surface area contributed by atoms with Crippen molar-refractivity contribution in [2.75, 3.05) is 0 Å². The van der Waals surface area contributed by atoms with Gasteiger partial charge in [0, 0.05) is 22.8 Å². The van der Waals surface area contributed by atoms with Crippen LogP contribution in [0.15, 0.2) is 71.0 Å². The molecule has 1 atom stereocenters. The third kappa shape index (κ3) is 3.04. The molecule has 0 spiro atoms. The van der Waals surface area contributed by atoms with Crippen LogP contribution in [0.1, 0.15) is 21.5 Å². The fourth-order valence-electron chi connectivity index (χ4n) is 3.28. The molecule has 28 heavy (non-hydrogen) atoms. The van der Waals surface area contributed by atoms with E-state index in [0.29, 0.717) is 39.5 Å². The summed E-state index contributed by atoms with van der Waals surface area (Å²) in [4.78, 5) is 15.8. The topological polar surface area (TPSA) is 99.4 Å². The van der Waals surface area contributed by atoms with E-state index in [4.69, 9.17) is 4.74 Å². The molecule has 0 amide bonds. The molecular formula is C21H13NO5S. The third-order valence-electron chi connectivity index (χ3n) is 4.45. The zero-order chi connectivity index (χ0) is 19.8. The molecule has 0 saturated carbocycles. The van der Waals surface area contributed by atoms with Gasteiger partial charge in [-0.05, 0) is 48.1 Å². The Morgan fingerprint density at radius 1 is 1.18 bits per heavy atom. The van der Waals surface area contributed by atoms with Crippen molar-refractivity contribution in [2.24, 2.45) is 4.99 Å². The highest BCUT2D eigenvalue weighted by Gasteiger charge is 2.29. The van der Waals surface area contributed by atoms with Gasteiger partial charge in [-0.15, -0.1) is 0 Å². The number of aliphatic hydroxyl groups is 1. The van der Waals surface area contributed by atoms with Crippen LogP contribution in [0.5, 0.6) is 11.5 Å². The molecule has 0 saturated heterocycles. The normalized spacial score (nSPS) is 17.0. The van der Waals surface area contributed by atoms with Gasteiger partial charge >= 0.3 is 5.97 Å². The number of hydrogen-bond donors (Lipinski definition) is 3. The van der Waals surface area contributed by atoms with Crippen molar-refractivity contribution in [2.45, 2.75) is 6.10 Å². The molecule has 2 aromatic rings. The van der Waals surface area contributed by atoms with Gasteiger partial charge in [-0.25, -0.2) is 4.79 Å². The Morgan fingerprint density at radius 3 is 2.71 bits per heavy atom. The molecule has 0 fully saturated rings. The summed E-state index contributed by atoms with van der Waals surface area (Å²) in [6.07, 6.45) is 3.98. The van der Waals surface area contributed by atoms with E-state index < -0.39 is 12.1 Å². The van der Waals surface area contributed by atoms with Gasteiger partial charge in [0.05, 0.1) is 22.5 Å². The number of allylic oxidation sites excluding steroid dienone is 1. The van der Waals surface area contributed by atoms with E-state index in [1.165, 1.54) is 24.3 Å². The Hall–Kier alpha value is -3.51. The number of carboxylic acid groups (broad SMARTS) is 1. The number of benzene rings is 2. The molecule has 0 radical (unpaired) electrons. The number of thiocarbonyl (C=S) groups is 1. The van der Waals surface area contributed by atoms with Crippen LogP contribution in [0.2, 0.25) is 0 Å².